The molecule has 4 nitrogen and oxygen atoms in total. The van der Waals surface area contributed by atoms with Gasteiger partial charge in [0.1, 0.15) is 11.5 Å². The van der Waals surface area contributed by atoms with Crippen LogP contribution >= 0.6 is 0 Å². The molecule has 4 heteroatoms. The third kappa shape index (κ3) is 4.83. The van der Waals surface area contributed by atoms with Gasteiger partial charge in [-0.05, 0) is 50.8 Å². The first kappa shape index (κ1) is 18.0. The summed E-state index contributed by atoms with van der Waals surface area (Å²) in [5.41, 5.74) is 2.17. The average molecular weight is 327 g/mol. The Morgan fingerprint density at radius 3 is 2.42 bits per heavy atom. The number of nitrogens with zero attached hydrogens (tertiary/aromatic N) is 1. The summed E-state index contributed by atoms with van der Waals surface area (Å²) in [5.74, 6) is 1.15. The zero-order valence-electron chi connectivity index (χ0n) is 14.8. The fourth-order valence-electron chi connectivity index (χ4n) is 2.75. The molecule has 1 unspecified atom stereocenters. The molecule has 24 heavy (non-hydrogen) atoms. The van der Waals surface area contributed by atoms with Gasteiger partial charge in [0, 0.05) is 18.4 Å². The molecule has 1 atom stereocenters. The predicted molar refractivity (Wildman–Crippen MR) is 95.8 cm³/mol. The fourth-order valence-corrected chi connectivity index (χ4v) is 2.75. The molecule has 0 N–H and O–H groups in total. The molecule has 0 saturated heterocycles. The van der Waals surface area contributed by atoms with Gasteiger partial charge in [0.25, 0.3) is 0 Å². The van der Waals surface area contributed by atoms with E-state index in [-0.39, 0.29) is 11.9 Å². The first-order valence-corrected chi connectivity index (χ1v) is 8.07. The van der Waals surface area contributed by atoms with Gasteiger partial charge in [-0.15, -0.1) is 0 Å². The Morgan fingerprint density at radius 1 is 1.12 bits per heavy atom. The fraction of sp³-hybridized carbons (Fsp3) is 0.350. The smallest absolute Gasteiger partial charge is 0.308 e. The lowest BCUT2D eigenvalue weighted by Crippen LogP contribution is -2.17. The van der Waals surface area contributed by atoms with Gasteiger partial charge in [-0.1, -0.05) is 30.3 Å². The zero-order valence-corrected chi connectivity index (χ0v) is 14.8. The maximum absolute atomic E-state index is 11.5. The van der Waals surface area contributed by atoms with Crippen molar-refractivity contribution < 1.29 is 14.3 Å². The number of hydrogen-bond acceptors (Lipinski definition) is 4. The Kier molecular flexibility index (Phi) is 6.38. The molecule has 0 fully saturated rings. The highest BCUT2D eigenvalue weighted by Gasteiger charge is 2.20. The minimum absolute atomic E-state index is 0.123. The van der Waals surface area contributed by atoms with Crippen molar-refractivity contribution in [1.82, 2.24) is 4.90 Å². The van der Waals surface area contributed by atoms with Gasteiger partial charge >= 0.3 is 5.97 Å². The van der Waals surface area contributed by atoms with Crippen LogP contribution in [0.5, 0.6) is 11.5 Å². The van der Waals surface area contributed by atoms with Crippen molar-refractivity contribution >= 4 is 5.97 Å². The molecular formula is C20H25NO3. The first-order chi connectivity index (χ1) is 11.5. The third-order valence-corrected chi connectivity index (χ3v) is 3.91. The first-order valence-electron chi connectivity index (χ1n) is 8.07. The Labute approximate surface area is 144 Å². The number of carbonyl (C=O) groups excluding carboxylic acids is 1. The minimum atomic E-state index is -0.319. The van der Waals surface area contributed by atoms with Crippen LogP contribution < -0.4 is 9.47 Å². The van der Waals surface area contributed by atoms with Gasteiger partial charge in [0.05, 0.1) is 7.11 Å². The molecule has 2 aromatic rings. The normalized spacial score (nSPS) is 12.0. The number of ether oxygens (including phenoxy) is 2. The molecule has 0 aliphatic heterocycles. The second kappa shape index (κ2) is 8.50. The minimum Gasteiger partial charge on any atom is -0.497 e. The summed E-state index contributed by atoms with van der Waals surface area (Å²) in [4.78, 5) is 13.6. The standard InChI is InChI=1S/C20H25NO3/c1-15(22)24-20-11-10-17(23-4)14-19(20)18(12-13-21(2)3)16-8-6-5-7-9-16/h5-11,14,18H,12-13H2,1-4H3. The second-order valence-electron chi connectivity index (χ2n) is 6.05. The maximum Gasteiger partial charge on any atom is 0.308 e. The monoisotopic (exact) mass is 327 g/mol. The summed E-state index contributed by atoms with van der Waals surface area (Å²) < 4.78 is 10.8. The molecule has 2 rings (SSSR count). The molecule has 0 aromatic heterocycles. The number of hydrogen-bond donors (Lipinski definition) is 0. The van der Waals surface area contributed by atoms with Crippen LogP contribution in [0, 0.1) is 0 Å². The SMILES string of the molecule is COc1ccc(OC(C)=O)c(C(CCN(C)C)c2ccccc2)c1. The highest BCUT2D eigenvalue weighted by molar-refractivity contribution is 5.70. The molecule has 128 valence electrons. The Balaban J connectivity index is 2.48. The van der Waals surface area contributed by atoms with E-state index in [1.807, 2.05) is 30.3 Å². The van der Waals surface area contributed by atoms with Crippen LogP contribution in [0.25, 0.3) is 0 Å². The van der Waals surface area contributed by atoms with E-state index >= 15 is 0 Å². The van der Waals surface area contributed by atoms with Crippen LogP contribution in [0.1, 0.15) is 30.4 Å². The molecule has 0 spiro atoms. The number of rotatable bonds is 7. The van der Waals surface area contributed by atoms with Crippen molar-refractivity contribution in [3.8, 4) is 11.5 Å². The van der Waals surface area contributed by atoms with Crippen molar-refractivity contribution in [2.45, 2.75) is 19.3 Å². The summed E-state index contributed by atoms with van der Waals surface area (Å²) in [5, 5.41) is 0. The van der Waals surface area contributed by atoms with Crippen LogP contribution in [0.2, 0.25) is 0 Å². The maximum atomic E-state index is 11.5. The van der Waals surface area contributed by atoms with Gasteiger partial charge in [-0.3, -0.25) is 4.79 Å². The number of carbonyl (C=O) groups is 1. The summed E-state index contributed by atoms with van der Waals surface area (Å²) in [6, 6.07) is 15.9. The second-order valence-corrected chi connectivity index (χ2v) is 6.05. The summed E-state index contributed by atoms with van der Waals surface area (Å²) in [6.45, 7) is 2.35. The van der Waals surface area contributed by atoms with Crippen molar-refractivity contribution in [2.75, 3.05) is 27.7 Å². The van der Waals surface area contributed by atoms with Crippen molar-refractivity contribution in [3.05, 3.63) is 59.7 Å². The van der Waals surface area contributed by atoms with Crippen LogP contribution in [-0.4, -0.2) is 38.6 Å². The highest BCUT2D eigenvalue weighted by Crippen LogP contribution is 2.37. The van der Waals surface area contributed by atoms with E-state index in [1.54, 1.807) is 13.2 Å². The van der Waals surface area contributed by atoms with E-state index in [4.69, 9.17) is 9.47 Å². The Hall–Kier alpha value is -2.33. The van der Waals surface area contributed by atoms with E-state index in [2.05, 4.69) is 31.1 Å². The molecule has 0 saturated carbocycles. The predicted octanol–water partition coefficient (Wildman–Crippen LogP) is 3.70. The van der Waals surface area contributed by atoms with Gasteiger partial charge in [0.2, 0.25) is 0 Å². The lowest BCUT2D eigenvalue weighted by atomic mass is 9.87. The van der Waals surface area contributed by atoms with Crippen LogP contribution in [0.15, 0.2) is 48.5 Å². The lowest BCUT2D eigenvalue weighted by Gasteiger charge is -2.23. The largest absolute Gasteiger partial charge is 0.497 e. The molecule has 2 aromatic carbocycles. The molecule has 0 aliphatic rings. The molecular weight excluding hydrogens is 302 g/mol. The summed E-state index contributed by atoms with van der Waals surface area (Å²) in [7, 11) is 5.75. The van der Waals surface area contributed by atoms with Gasteiger partial charge < -0.3 is 14.4 Å². The van der Waals surface area contributed by atoms with E-state index in [9.17, 15) is 4.79 Å². The average Bonchev–Trinajstić information content (AvgIpc) is 2.56. The van der Waals surface area contributed by atoms with Crippen molar-refractivity contribution in [1.29, 1.82) is 0 Å². The lowest BCUT2D eigenvalue weighted by molar-refractivity contribution is -0.131. The third-order valence-electron chi connectivity index (χ3n) is 3.91. The number of benzene rings is 2. The topological polar surface area (TPSA) is 38.8 Å². The molecule has 0 amide bonds. The zero-order chi connectivity index (χ0) is 17.5. The van der Waals surface area contributed by atoms with E-state index in [0.717, 1.165) is 24.3 Å². The quantitative estimate of drug-likeness (QED) is 0.574. The van der Waals surface area contributed by atoms with Crippen LogP contribution in [-0.2, 0) is 4.79 Å². The van der Waals surface area contributed by atoms with Crippen LogP contribution in [0.3, 0.4) is 0 Å². The highest BCUT2D eigenvalue weighted by atomic mass is 16.5. The summed E-state index contributed by atoms with van der Waals surface area (Å²) >= 11 is 0. The van der Waals surface area contributed by atoms with E-state index in [1.165, 1.54) is 12.5 Å². The Bertz CT molecular complexity index is 668. The number of esters is 1. The number of methoxy groups -OCH3 is 1. The van der Waals surface area contributed by atoms with Gasteiger partial charge in [0.15, 0.2) is 0 Å². The van der Waals surface area contributed by atoms with Gasteiger partial charge in [-0.25, -0.2) is 0 Å². The molecule has 0 aliphatic carbocycles. The molecule has 0 bridgehead atoms. The molecule has 0 heterocycles. The molecule has 0 radical (unpaired) electrons. The van der Waals surface area contributed by atoms with Crippen molar-refractivity contribution in [2.24, 2.45) is 0 Å². The van der Waals surface area contributed by atoms with E-state index < -0.39 is 0 Å². The summed E-state index contributed by atoms with van der Waals surface area (Å²) in [6.07, 6.45) is 0.915. The van der Waals surface area contributed by atoms with Crippen LogP contribution in [0.4, 0.5) is 0 Å². The van der Waals surface area contributed by atoms with E-state index in [0.29, 0.717) is 5.75 Å². The Morgan fingerprint density at radius 2 is 1.83 bits per heavy atom. The van der Waals surface area contributed by atoms with Gasteiger partial charge in [-0.2, -0.15) is 0 Å². The van der Waals surface area contributed by atoms with Crippen molar-refractivity contribution in [3.63, 3.8) is 0 Å².